The van der Waals surface area contributed by atoms with Crippen LogP contribution in [0.2, 0.25) is 0 Å². The Hall–Kier alpha value is -6.10. The minimum Gasteiger partial charge on any atom is -0.453 e. The summed E-state index contributed by atoms with van der Waals surface area (Å²) in [5.74, 6) is 7.67. The zero-order valence-electron chi connectivity index (χ0n) is 34.0. The molecule has 304 valence electrons. The lowest BCUT2D eigenvalue weighted by atomic mass is 9.91. The van der Waals surface area contributed by atoms with Gasteiger partial charge in [-0.1, -0.05) is 57.7 Å². The standard InChI is InChI=1S/C44H52N8O6/c1-25(2)36(49-43(55)57-5)41(53)51-21-7-9-34(51)39-45-24-33(47-39)29-16-13-27(14-17-29)11-12-28-15-19-31-30(23-28)18-20-32-38(31)48-40(46-32)35-10-8-22-52(35)42(54)37(26(3)4)50-44(56)58-6/h13-17,19,23-26,34-37H,7-10,18,20-22H2,1-6H3,(H,45,47)(H,46,48)(H,49,55)(H,50,56). The number of nitrogens with one attached hydrogen (secondary N) is 4. The van der Waals surface area contributed by atoms with Gasteiger partial charge in [0.25, 0.3) is 0 Å². The molecule has 2 fully saturated rings. The Kier molecular flexibility index (Phi) is 11.9. The summed E-state index contributed by atoms with van der Waals surface area (Å²) in [5.41, 5.74) is 7.85. The van der Waals surface area contributed by atoms with Crippen molar-refractivity contribution < 1.29 is 28.7 Å². The number of fused-ring (bicyclic) bond motifs is 3. The fourth-order valence-corrected chi connectivity index (χ4v) is 8.28. The summed E-state index contributed by atoms with van der Waals surface area (Å²) < 4.78 is 9.54. The number of amides is 4. The van der Waals surface area contributed by atoms with E-state index < -0.39 is 24.3 Å². The highest BCUT2D eigenvalue weighted by Crippen LogP contribution is 2.38. The lowest BCUT2D eigenvalue weighted by Gasteiger charge is -2.30. The van der Waals surface area contributed by atoms with Crippen LogP contribution in [0, 0.1) is 23.7 Å². The lowest BCUT2D eigenvalue weighted by Crippen LogP contribution is -2.51. The van der Waals surface area contributed by atoms with Crippen LogP contribution in [0.15, 0.2) is 48.7 Å². The zero-order chi connectivity index (χ0) is 41.1. The molecule has 4 aromatic rings. The van der Waals surface area contributed by atoms with Crippen LogP contribution in [0.3, 0.4) is 0 Å². The highest BCUT2D eigenvalue weighted by Gasteiger charge is 2.39. The van der Waals surface area contributed by atoms with E-state index in [1.807, 2.05) is 62.9 Å². The van der Waals surface area contributed by atoms with Crippen molar-refractivity contribution in [3.05, 3.63) is 82.7 Å². The summed E-state index contributed by atoms with van der Waals surface area (Å²) >= 11 is 0. The van der Waals surface area contributed by atoms with Gasteiger partial charge in [-0.3, -0.25) is 9.59 Å². The van der Waals surface area contributed by atoms with Crippen LogP contribution in [-0.4, -0.2) is 93.1 Å². The molecule has 2 saturated heterocycles. The molecule has 0 spiro atoms. The van der Waals surface area contributed by atoms with Crippen molar-refractivity contribution in [2.24, 2.45) is 11.8 Å². The first-order valence-electron chi connectivity index (χ1n) is 20.1. The molecule has 3 aliphatic rings. The molecule has 14 nitrogen and oxygen atoms in total. The highest BCUT2D eigenvalue weighted by atomic mass is 16.5. The molecule has 2 aliphatic heterocycles. The molecular formula is C44H52N8O6. The van der Waals surface area contributed by atoms with E-state index in [2.05, 4.69) is 49.6 Å². The van der Waals surface area contributed by atoms with Crippen molar-refractivity contribution in [2.45, 2.75) is 90.4 Å². The molecule has 4 heterocycles. The molecule has 0 radical (unpaired) electrons. The second-order valence-corrected chi connectivity index (χ2v) is 15.9. The lowest BCUT2D eigenvalue weighted by molar-refractivity contribution is -0.136. The van der Waals surface area contributed by atoms with Crippen LogP contribution in [0.1, 0.15) is 99.5 Å². The number of methoxy groups -OCH3 is 2. The molecule has 14 heteroatoms. The number of hydrogen-bond acceptors (Lipinski definition) is 8. The van der Waals surface area contributed by atoms with Gasteiger partial charge in [0.1, 0.15) is 23.7 Å². The van der Waals surface area contributed by atoms with Crippen molar-refractivity contribution >= 4 is 24.0 Å². The normalized spacial score (nSPS) is 18.2. The third kappa shape index (κ3) is 8.30. The number of carbonyl (C=O) groups excluding carboxylic acids is 4. The van der Waals surface area contributed by atoms with Crippen molar-refractivity contribution in [2.75, 3.05) is 27.3 Å². The maximum atomic E-state index is 13.7. The number of hydrogen-bond donors (Lipinski definition) is 4. The third-order valence-electron chi connectivity index (χ3n) is 11.4. The number of alkyl carbamates (subject to hydrolysis) is 2. The summed E-state index contributed by atoms with van der Waals surface area (Å²) in [4.78, 5) is 71.5. The smallest absolute Gasteiger partial charge is 0.407 e. The van der Waals surface area contributed by atoms with E-state index in [-0.39, 0.29) is 35.7 Å². The van der Waals surface area contributed by atoms with Gasteiger partial charge in [-0.25, -0.2) is 19.6 Å². The van der Waals surface area contributed by atoms with Gasteiger partial charge in [0.15, 0.2) is 0 Å². The Bertz CT molecular complexity index is 2230. The number of aromatic nitrogens is 4. The van der Waals surface area contributed by atoms with E-state index in [9.17, 15) is 19.2 Å². The molecule has 0 saturated carbocycles. The molecule has 0 bridgehead atoms. The van der Waals surface area contributed by atoms with E-state index in [1.165, 1.54) is 19.8 Å². The second-order valence-electron chi connectivity index (χ2n) is 15.9. The van der Waals surface area contributed by atoms with Gasteiger partial charge >= 0.3 is 12.2 Å². The Labute approximate surface area is 338 Å². The number of aromatic amines is 2. The fourth-order valence-electron chi connectivity index (χ4n) is 8.28. The van der Waals surface area contributed by atoms with Crippen LogP contribution < -0.4 is 10.6 Å². The van der Waals surface area contributed by atoms with E-state index in [0.717, 1.165) is 89.5 Å². The molecule has 2 aromatic heterocycles. The van der Waals surface area contributed by atoms with Gasteiger partial charge in [0.2, 0.25) is 11.8 Å². The fraction of sp³-hybridized carbons (Fsp3) is 0.455. The van der Waals surface area contributed by atoms with Gasteiger partial charge in [-0.15, -0.1) is 0 Å². The van der Waals surface area contributed by atoms with Crippen molar-refractivity contribution in [1.82, 2.24) is 40.4 Å². The van der Waals surface area contributed by atoms with Gasteiger partial charge in [-0.05, 0) is 85.8 Å². The summed E-state index contributed by atoms with van der Waals surface area (Å²) in [7, 11) is 2.59. The Balaban J connectivity index is 1.01. The zero-order valence-corrected chi connectivity index (χ0v) is 34.0. The number of nitrogens with zero attached hydrogens (tertiary/aromatic N) is 4. The quantitative estimate of drug-likeness (QED) is 0.148. The van der Waals surface area contributed by atoms with Crippen LogP contribution in [0.25, 0.3) is 22.5 Å². The predicted octanol–water partition coefficient (Wildman–Crippen LogP) is 6.05. The second kappa shape index (κ2) is 17.2. The maximum Gasteiger partial charge on any atom is 0.407 e. The minimum absolute atomic E-state index is 0.102. The number of imidazole rings is 2. The SMILES string of the molecule is COC(=O)NC(C(=O)N1CCCC1c1ncc(-c2ccc(C#Cc3ccc4c(c3)CCc3[nH]c(C5CCCN5C(=O)C(NC(=O)OC)C(C)C)nc3-4)cc2)[nH]1)C(C)C. The average molecular weight is 789 g/mol. The van der Waals surface area contributed by atoms with E-state index in [1.54, 1.807) is 11.1 Å². The Morgan fingerprint density at radius 1 is 0.759 bits per heavy atom. The van der Waals surface area contributed by atoms with Gasteiger partial charge in [-0.2, -0.15) is 0 Å². The highest BCUT2D eigenvalue weighted by molar-refractivity contribution is 5.87. The van der Waals surface area contributed by atoms with Gasteiger partial charge in [0.05, 0.1) is 43.9 Å². The number of aryl methyl sites for hydroxylation is 2. The van der Waals surface area contributed by atoms with E-state index in [0.29, 0.717) is 13.1 Å². The topological polar surface area (TPSA) is 175 Å². The van der Waals surface area contributed by atoms with Gasteiger partial charge in [0, 0.05) is 35.5 Å². The Morgan fingerprint density at radius 3 is 1.91 bits per heavy atom. The van der Waals surface area contributed by atoms with Crippen LogP contribution in [0.5, 0.6) is 0 Å². The van der Waals surface area contributed by atoms with Crippen molar-refractivity contribution in [3.8, 4) is 34.4 Å². The maximum absolute atomic E-state index is 13.7. The van der Waals surface area contributed by atoms with Crippen LogP contribution >= 0.6 is 0 Å². The van der Waals surface area contributed by atoms with Gasteiger partial charge < -0.3 is 39.9 Å². The molecule has 4 amide bonds. The summed E-state index contributed by atoms with van der Waals surface area (Å²) in [6.07, 6.45) is 5.49. The Morgan fingerprint density at radius 2 is 1.33 bits per heavy atom. The molecule has 1 aliphatic carbocycles. The average Bonchev–Trinajstić information content (AvgIpc) is 4.06. The van der Waals surface area contributed by atoms with Crippen LogP contribution in [0.4, 0.5) is 9.59 Å². The largest absolute Gasteiger partial charge is 0.453 e. The van der Waals surface area contributed by atoms with E-state index >= 15 is 0 Å². The predicted molar refractivity (Wildman–Crippen MR) is 217 cm³/mol. The molecule has 7 rings (SSSR count). The van der Waals surface area contributed by atoms with Crippen molar-refractivity contribution in [1.29, 1.82) is 0 Å². The van der Waals surface area contributed by atoms with Crippen LogP contribution in [-0.2, 0) is 31.9 Å². The summed E-state index contributed by atoms with van der Waals surface area (Å²) in [6.45, 7) is 8.82. The first-order valence-corrected chi connectivity index (χ1v) is 20.1. The number of benzene rings is 2. The molecule has 58 heavy (non-hydrogen) atoms. The van der Waals surface area contributed by atoms with E-state index in [4.69, 9.17) is 14.5 Å². The molecule has 2 aromatic carbocycles. The number of ether oxygens (including phenoxy) is 2. The summed E-state index contributed by atoms with van der Waals surface area (Å²) in [5, 5.41) is 5.41. The monoisotopic (exact) mass is 788 g/mol. The third-order valence-corrected chi connectivity index (χ3v) is 11.4. The summed E-state index contributed by atoms with van der Waals surface area (Å²) in [6, 6.07) is 12.5. The number of rotatable bonds is 9. The minimum atomic E-state index is -0.689. The molecule has 4 N–H and O–H groups in total. The molecule has 4 unspecified atom stereocenters. The first-order chi connectivity index (χ1) is 27.9. The van der Waals surface area contributed by atoms with Crippen molar-refractivity contribution in [3.63, 3.8) is 0 Å². The number of H-pyrrole nitrogens is 2. The number of likely N-dealkylation sites (tertiary alicyclic amines) is 2. The molecule has 4 atom stereocenters. The first kappa shape index (κ1) is 40.1. The number of carbonyl (C=O) groups is 4. The molecular weight excluding hydrogens is 737 g/mol.